The summed E-state index contributed by atoms with van der Waals surface area (Å²) in [7, 11) is 0. The average Bonchev–Trinajstić information content (AvgIpc) is 3.62. The zero-order valence-corrected chi connectivity index (χ0v) is 42.0. The van der Waals surface area contributed by atoms with Gasteiger partial charge in [-0.15, -0.1) is 11.6 Å². The van der Waals surface area contributed by atoms with E-state index in [1.165, 1.54) is 25.7 Å². The summed E-state index contributed by atoms with van der Waals surface area (Å²) in [5.74, 6) is 0.873. The number of carbonyl (C=O) groups is 4. The maximum atomic E-state index is 13.4. The van der Waals surface area contributed by atoms with Crippen LogP contribution in [0.2, 0.25) is 5.02 Å². The number of benzene rings is 3. The van der Waals surface area contributed by atoms with Gasteiger partial charge >= 0.3 is 0 Å². The smallest absolute Gasteiger partial charge is 0.262 e. The van der Waals surface area contributed by atoms with Gasteiger partial charge in [-0.25, -0.2) is 9.97 Å². The van der Waals surface area contributed by atoms with Crippen molar-refractivity contribution in [3.63, 3.8) is 0 Å². The zero-order chi connectivity index (χ0) is 49.4. The van der Waals surface area contributed by atoms with Crippen LogP contribution in [0.1, 0.15) is 108 Å². The second-order valence-corrected chi connectivity index (χ2v) is 21.6. The summed E-state index contributed by atoms with van der Waals surface area (Å²) >= 11 is 12.4. The van der Waals surface area contributed by atoms with Gasteiger partial charge in [0.15, 0.2) is 5.75 Å². The van der Waals surface area contributed by atoms with Crippen molar-refractivity contribution < 1.29 is 28.7 Å². The van der Waals surface area contributed by atoms with Crippen LogP contribution in [-0.4, -0.2) is 132 Å². The molecule has 4 aromatic rings. The van der Waals surface area contributed by atoms with Crippen molar-refractivity contribution in [1.29, 1.82) is 5.26 Å². The molecule has 15 nitrogen and oxygen atoms in total. The summed E-state index contributed by atoms with van der Waals surface area (Å²) in [5.41, 5.74) is 4.62. The molecule has 6 aliphatic heterocycles. The number of likely N-dealkylation sites (tertiary alicyclic amines) is 2. The lowest BCUT2D eigenvalue weighted by Crippen LogP contribution is -2.62. The number of nitrogens with one attached hydrogen (secondary N) is 1. The highest BCUT2D eigenvalue weighted by Gasteiger charge is 2.47. The third-order valence-electron chi connectivity index (χ3n) is 16.1. The highest BCUT2D eigenvalue weighted by atomic mass is 35.5. The van der Waals surface area contributed by atoms with Crippen LogP contribution in [0.3, 0.4) is 0 Å². The molecule has 372 valence electrons. The van der Waals surface area contributed by atoms with Gasteiger partial charge in [-0.05, 0) is 137 Å². The lowest BCUT2D eigenvalue weighted by Gasteiger charge is -2.55. The highest BCUT2D eigenvalue weighted by molar-refractivity contribution is 6.32. The Morgan fingerprint density at radius 1 is 0.831 bits per heavy atom. The molecular formula is C54H61Cl2N9O6. The van der Waals surface area contributed by atoms with Crippen LogP contribution in [0.4, 0.5) is 11.6 Å². The van der Waals surface area contributed by atoms with Crippen LogP contribution in [0, 0.1) is 22.7 Å². The molecule has 71 heavy (non-hydrogen) atoms. The maximum absolute atomic E-state index is 13.4. The van der Waals surface area contributed by atoms with Gasteiger partial charge < -0.3 is 29.1 Å². The van der Waals surface area contributed by atoms with Crippen LogP contribution in [0.25, 0.3) is 0 Å². The largest absolute Gasteiger partial charge is 0.489 e. The predicted octanol–water partition coefficient (Wildman–Crippen LogP) is 7.21. The number of nitrogens with zero attached hydrogens (tertiary/aromatic N) is 8. The molecule has 1 spiro atoms. The Kier molecular flexibility index (Phi) is 14.0. The summed E-state index contributed by atoms with van der Waals surface area (Å²) in [6.45, 7) is 14.2. The highest BCUT2D eigenvalue weighted by Crippen LogP contribution is 2.43. The molecule has 1 unspecified atom stereocenters. The van der Waals surface area contributed by atoms with Crippen molar-refractivity contribution in [2.45, 2.75) is 89.3 Å². The second-order valence-electron chi connectivity index (χ2n) is 20.8. The number of anilines is 2. The minimum absolute atomic E-state index is 0.103. The Labute approximate surface area is 425 Å². The topological polar surface area (TPSA) is 165 Å². The van der Waals surface area contributed by atoms with E-state index in [4.69, 9.17) is 37.7 Å². The first-order valence-corrected chi connectivity index (χ1v) is 26.0. The molecule has 0 saturated carbocycles. The summed E-state index contributed by atoms with van der Waals surface area (Å²) < 4.78 is 11.8. The molecule has 0 bridgehead atoms. The molecule has 6 aliphatic rings. The molecule has 4 amide bonds. The number of carbonyl (C=O) groups excluding carboxylic acids is 4. The monoisotopic (exact) mass is 1000 g/mol. The van der Waals surface area contributed by atoms with Crippen LogP contribution in [0.15, 0.2) is 66.9 Å². The number of hydrogen-bond acceptors (Lipinski definition) is 13. The number of amides is 4. The third kappa shape index (κ3) is 10.1. The van der Waals surface area contributed by atoms with E-state index in [2.05, 4.69) is 49.8 Å². The van der Waals surface area contributed by atoms with E-state index < -0.39 is 29.2 Å². The van der Waals surface area contributed by atoms with Gasteiger partial charge in [0.25, 0.3) is 11.8 Å². The first-order valence-electron chi connectivity index (χ1n) is 25.1. The SMILES string of the molecule is CC(C)(c1ccc(OCc2ccnc(N3CC4(CCN(C5CCN(CC6CCN(c7ccc8c(c7)C(=O)N(C7CCC(=O)NC7=O)C8=O)CC6)CC5)CC4)C3)n2)cc1)c1cc(Cl)c(OCCCl)c(C#N)c1. The maximum Gasteiger partial charge on any atom is 0.262 e. The third-order valence-corrected chi connectivity index (χ3v) is 16.5. The van der Waals surface area contributed by atoms with Gasteiger partial charge in [-0.3, -0.25) is 29.4 Å². The fourth-order valence-corrected chi connectivity index (χ4v) is 12.0. The molecule has 5 saturated heterocycles. The second kappa shape index (κ2) is 20.4. The number of hydrogen-bond donors (Lipinski definition) is 1. The molecule has 0 radical (unpaired) electrons. The number of halogens is 2. The van der Waals surface area contributed by atoms with Gasteiger partial charge in [-0.2, -0.15) is 5.26 Å². The Hall–Kier alpha value is -5.79. The summed E-state index contributed by atoms with van der Waals surface area (Å²) in [6.07, 6.45) is 9.04. The summed E-state index contributed by atoms with van der Waals surface area (Å²) in [4.78, 5) is 71.4. The van der Waals surface area contributed by atoms with Crippen molar-refractivity contribution in [3.05, 3.63) is 105 Å². The van der Waals surface area contributed by atoms with E-state index in [9.17, 15) is 24.4 Å². The van der Waals surface area contributed by atoms with Crippen LogP contribution >= 0.6 is 23.2 Å². The fraction of sp³-hybridized carbons (Fsp3) is 0.500. The molecule has 1 N–H and O–H groups in total. The number of rotatable bonds is 14. The summed E-state index contributed by atoms with van der Waals surface area (Å²) in [6, 6.07) is 20.9. The lowest BCUT2D eigenvalue weighted by molar-refractivity contribution is -0.136. The van der Waals surface area contributed by atoms with E-state index in [1.54, 1.807) is 12.1 Å². The number of fused-ring (bicyclic) bond motifs is 1. The number of piperidine rings is 4. The molecule has 7 heterocycles. The van der Waals surface area contributed by atoms with Crippen molar-refractivity contribution in [2.24, 2.45) is 11.3 Å². The first-order chi connectivity index (χ1) is 34.3. The standard InChI is InChI=1S/C54H61Cl2N9O6/c1-53(2,38-27-36(30-57)48(45(56)28-38)70-26-18-55)37-3-6-42(7-4-37)71-32-39-11-19-58-52(59-39)64-33-54(34-64)16-24-63(25-17-54)40-14-20-61(21-15-40)31-35-12-22-62(23-13-35)41-5-8-43-44(29-41)51(69)65(50(43)68)46-9-10-47(66)60-49(46)67/h3-8,11,19,27-29,35,40,46H,9-10,12-18,20-26,31-34H2,1-2H3,(H,60,66,67). The molecule has 0 aliphatic carbocycles. The van der Waals surface area contributed by atoms with Gasteiger partial charge in [0, 0.05) is 67.9 Å². The number of ether oxygens (including phenoxy) is 2. The molecular weight excluding hydrogens is 942 g/mol. The fourth-order valence-electron chi connectivity index (χ4n) is 11.7. The average molecular weight is 1000 g/mol. The Morgan fingerprint density at radius 3 is 2.27 bits per heavy atom. The van der Waals surface area contributed by atoms with Crippen molar-refractivity contribution in [3.8, 4) is 17.6 Å². The number of nitriles is 1. The van der Waals surface area contributed by atoms with E-state index >= 15 is 0 Å². The first kappa shape index (κ1) is 48.8. The quantitative estimate of drug-likeness (QED) is 0.0997. The molecule has 10 rings (SSSR count). The van der Waals surface area contributed by atoms with Crippen molar-refractivity contribution in [1.82, 2.24) is 30.0 Å². The van der Waals surface area contributed by atoms with E-state index in [-0.39, 0.29) is 25.4 Å². The molecule has 17 heteroatoms. The van der Waals surface area contributed by atoms with E-state index in [1.807, 2.05) is 54.7 Å². The number of alkyl halides is 1. The zero-order valence-electron chi connectivity index (χ0n) is 40.5. The minimum Gasteiger partial charge on any atom is -0.489 e. The van der Waals surface area contributed by atoms with Crippen LogP contribution in [-0.2, 0) is 21.6 Å². The Balaban J connectivity index is 0.638. The molecule has 1 atom stereocenters. The molecule has 3 aromatic carbocycles. The van der Waals surface area contributed by atoms with Gasteiger partial charge in [0.1, 0.15) is 31.1 Å². The molecule has 5 fully saturated rings. The molecule has 1 aromatic heterocycles. The van der Waals surface area contributed by atoms with E-state index in [0.717, 1.165) is 111 Å². The Morgan fingerprint density at radius 2 is 1.56 bits per heavy atom. The van der Waals surface area contributed by atoms with Crippen LogP contribution in [0.5, 0.6) is 11.5 Å². The Bertz CT molecular complexity index is 2720. The normalized spacial score (nSPS) is 21.3. The van der Waals surface area contributed by atoms with Crippen molar-refractivity contribution >= 4 is 58.5 Å². The lowest BCUT2D eigenvalue weighted by atomic mass is 9.71. The predicted molar refractivity (Wildman–Crippen MR) is 270 cm³/mol. The van der Waals surface area contributed by atoms with Crippen LogP contribution < -0.4 is 24.6 Å². The summed E-state index contributed by atoms with van der Waals surface area (Å²) in [5, 5.41) is 12.5. The van der Waals surface area contributed by atoms with Gasteiger partial charge in [-0.1, -0.05) is 37.6 Å². The van der Waals surface area contributed by atoms with Gasteiger partial charge in [0.2, 0.25) is 17.8 Å². The van der Waals surface area contributed by atoms with E-state index in [0.29, 0.717) is 57.3 Å². The number of aromatic nitrogens is 2. The number of imide groups is 2. The van der Waals surface area contributed by atoms with Crippen molar-refractivity contribution in [2.75, 3.05) is 81.2 Å². The van der Waals surface area contributed by atoms with Gasteiger partial charge in [0.05, 0.1) is 33.3 Å². The minimum atomic E-state index is -0.960.